The lowest BCUT2D eigenvalue weighted by Crippen LogP contribution is -2.34. The van der Waals surface area contributed by atoms with Crippen molar-refractivity contribution in [2.75, 3.05) is 20.2 Å². The maximum absolute atomic E-state index is 10.9. The number of ether oxygens (including phenoxy) is 2. The average molecular weight is 486 g/mol. The monoisotopic (exact) mass is 485 g/mol. The molecule has 36 heavy (non-hydrogen) atoms. The van der Waals surface area contributed by atoms with Crippen LogP contribution in [0.3, 0.4) is 0 Å². The van der Waals surface area contributed by atoms with Crippen LogP contribution in [-0.4, -0.2) is 46.1 Å². The molecule has 0 radical (unpaired) electrons. The standard InChI is InChI=1S/C30H35N3O3/c1-4-19-33(21-25(34)20-23-13-7-5-8-14-23)22-26-29(24-15-9-6-10-16-24)31-32(2)30(26)36-28-18-12-11-17-27(28)35-3/h5-18,25,34H,4,19-22H2,1-3H3/t25-/m0/s1. The van der Waals surface area contributed by atoms with Crippen molar-refractivity contribution in [2.45, 2.75) is 32.4 Å². The molecule has 6 nitrogen and oxygen atoms in total. The summed E-state index contributed by atoms with van der Waals surface area (Å²) in [6.45, 7) is 4.16. The molecule has 0 aliphatic carbocycles. The van der Waals surface area contributed by atoms with Gasteiger partial charge in [-0.2, -0.15) is 5.10 Å². The van der Waals surface area contributed by atoms with Crippen molar-refractivity contribution >= 4 is 0 Å². The molecule has 4 aromatic rings. The maximum atomic E-state index is 10.9. The summed E-state index contributed by atoms with van der Waals surface area (Å²) in [5.41, 5.74) is 4.02. The van der Waals surface area contributed by atoms with Crippen LogP contribution in [0.4, 0.5) is 0 Å². The first-order valence-corrected chi connectivity index (χ1v) is 12.5. The minimum Gasteiger partial charge on any atom is -0.493 e. The Kier molecular flexibility index (Phi) is 8.76. The molecule has 0 aliphatic heterocycles. The summed E-state index contributed by atoms with van der Waals surface area (Å²) in [4.78, 5) is 2.28. The molecular formula is C30H35N3O3. The first kappa shape index (κ1) is 25.5. The number of aryl methyl sites for hydroxylation is 1. The van der Waals surface area contributed by atoms with Gasteiger partial charge in [0.05, 0.1) is 18.8 Å². The van der Waals surface area contributed by atoms with Crippen molar-refractivity contribution in [3.63, 3.8) is 0 Å². The molecule has 0 fully saturated rings. The molecule has 0 unspecified atom stereocenters. The van der Waals surface area contributed by atoms with Crippen LogP contribution < -0.4 is 9.47 Å². The minimum absolute atomic E-state index is 0.477. The molecule has 4 rings (SSSR count). The number of hydrogen-bond donors (Lipinski definition) is 1. The van der Waals surface area contributed by atoms with Gasteiger partial charge in [0, 0.05) is 25.7 Å². The summed E-state index contributed by atoms with van der Waals surface area (Å²) in [5.74, 6) is 1.96. The summed E-state index contributed by atoms with van der Waals surface area (Å²) < 4.78 is 13.7. The molecule has 0 saturated carbocycles. The highest BCUT2D eigenvalue weighted by atomic mass is 16.5. The van der Waals surface area contributed by atoms with Crippen LogP contribution in [0, 0.1) is 0 Å². The highest BCUT2D eigenvalue weighted by Gasteiger charge is 2.24. The van der Waals surface area contributed by atoms with Gasteiger partial charge >= 0.3 is 0 Å². The van der Waals surface area contributed by atoms with E-state index in [0.29, 0.717) is 36.9 Å². The number of aliphatic hydroxyl groups is 1. The number of rotatable bonds is 12. The minimum atomic E-state index is -0.477. The number of nitrogens with zero attached hydrogens (tertiary/aromatic N) is 3. The van der Waals surface area contributed by atoms with Crippen LogP contribution in [0.15, 0.2) is 84.9 Å². The molecule has 6 heteroatoms. The van der Waals surface area contributed by atoms with Gasteiger partial charge in [-0.1, -0.05) is 79.7 Å². The molecule has 1 atom stereocenters. The molecule has 188 valence electrons. The van der Waals surface area contributed by atoms with Gasteiger partial charge in [-0.05, 0) is 37.1 Å². The van der Waals surface area contributed by atoms with E-state index in [2.05, 4.69) is 36.1 Å². The molecule has 3 aromatic carbocycles. The predicted octanol–water partition coefficient (Wildman–Crippen LogP) is 5.70. The van der Waals surface area contributed by atoms with Gasteiger partial charge in [0.15, 0.2) is 11.5 Å². The van der Waals surface area contributed by atoms with E-state index in [1.807, 2.05) is 67.7 Å². The summed E-state index contributed by atoms with van der Waals surface area (Å²) in [6, 6.07) is 27.9. The lowest BCUT2D eigenvalue weighted by Gasteiger charge is -2.25. The van der Waals surface area contributed by atoms with E-state index in [4.69, 9.17) is 14.6 Å². The Bertz CT molecular complexity index is 1220. The summed E-state index contributed by atoms with van der Waals surface area (Å²) in [5, 5.41) is 15.8. The van der Waals surface area contributed by atoms with Gasteiger partial charge in [-0.25, -0.2) is 4.68 Å². The molecule has 0 aliphatic rings. The van der Waals surface area contributed by atoms with Gasteiger partial charge in [-0.3, -0.25) is 4.90 Å². The fourth-order valence-corrected chi connectivity index (χ4v) is 4.48. The normalized spacial score (nSPS) is 12.0. The predicted molar refractivity (Wildman–Crippen MR) is 143 cm³/mol. The second-order valence-electron chi connectivity index (χ2n) is 8.95. The highest BCUT2D eigenvalue weighted by molar-refractivity contribution is 5.66. The zero-order chi connectivity index (χ0) is 25.3. The number of aliphatic hydroxyl groups excluding tert-OH is 1. The van der Waals surface area contributed by atoms with Gasteiger partial charge in [0.1, 0.15) is 5.69 Å². The molecule has 0 amide bonds. The van der Waals surface area contributed by atoms with Crippen LogP contribution >= 0.6 is 0 Å². The van der Waals surface area contributed by atoms with Gasteiger partial charge in [0.2, 0.25) is 5.88 Å². The maximum Gasteiger partial charge on any atom is 0.222 e. The summed E-state index contributed by atoms with van der Waals surface area (Å²) in [7, 11) is 3.54. The van der Waals surface area contributed by atoms with E-state index >= 15 is 0 Å². The van der Waals surface area contributed by atoms with Gasteiger partial charge < -0.3 is 14.6 Å². The molecule has 0 bridgehead atoms. The molecule has 0 saturated heterocycles. The quantitative estimate of drug-likeness (QED) is 0.279. The first-order chi connectivity index (χ1) is 17.6. The topological polar surface area (TPSA) is 59.8 Å². The van der Waals surface area contributed by atoms with Crippen LogP contribution in [0.25, 0.3) is 11.3 Å². The van der Waals surface area contributed by atoms with Crippen molar-refractivity contribution in [3.8, 4) is 28.6 Å². The fourth-order valence-electron chi connectivity index (χ4n) is 4.48. The third kappa shape index (κ3) is 6.33. The number of methoxy groups -OCH3 is 1. The Morgan fingerprint density at radius 2 is 1.56 bits per heavy atom. The highest BCUT2D eigenvalue weighted by Crippen LogP contribution is 2.37. The van der Waals surface area contributed by atoms with Crippen molar-refractivity contribution in [3.05, 3.63) is 96.1 Å². The van der Waals surface area contributed by atoms with E-state index in [1.165, 1.54) is 0 Å². The Labute approximate surface area is 213 Å². The van der Waals surface area contributed by atoms with Crippen LogP contribution in [0.1, 0.15) is 24.5 Å². The van der Waals surface area contributed by atoms with Crippen LogP contribution in [-0.2, 0) is 20.0 Å². The summed E-state index contributed by atoms with van der Waals surface area (Å²) >= 11 is 0. The van der Waals surface area contributed by atoms with E-state index in [0.717, 1.165) is 35.3 Å². The average Bonchev–Trinajstić information content (AvgIpc) is 3.20. The smallest absolute Gasteiger partial charge is 0.222 e. The lowest BCUT2D eigenvalue weighted by atomic mass is 10.1. The molecule has 1 heterocycles. The zero-order valence-electron chi connectivity index (χ0n) is 21.3. The van der Waals surface area contributed by atoms with E-state index in [-0.39, 0.29) is 0 Å². The Balaban J connectivity index is 1.66. The van der Waals surface area contributed by atoms with Crippen LogP contribution in [0.5, 0.6) is 17.4 Å². The Morgan fingerprint density at radius 3 is 2.22 bits per heavy atom. The van der Waals surface area contributed by atoms with E-state index in [9.17, 15) is 5.11 Å². The third-order valence-corrected chi connectivity index (χ3v) is 6.12. The first-order valence-electron chi connectivity index (χ1n) is 12.5. The molecule has 1 aromatic heterocycles. The van der Waals surface area contributed by atoms with E-state index < -0.39 is 6.10 Å². The summed E-state index contributed by atoms with van der Waals surface area (Å²) in [6.07, 6.45) is 1.11. The van der Waals surface area contributed by atoms with Crippen LogP contribution in [0.2, 0.25) is 0 Å². The largest absolute Gasteiger partial charge is 0.493 e. The van der Waals surface area contributed by atoms with Crippen molar-refractivity contribution in [1.82, 2.24) is 14.7 Å². The second-order valence-corrected chi connectivity index (χ2v) is 8.95. The lowest BCUT2D eigenvalue weighted by molar-refractivity contribution is 0.108. The molecule has 0 spiro atoms. The van der Waals surface area contributed by atoms with Gasteiger partial charge in [0.25, 0.3) is 0 Å². The third-order valence-electron chi connectivity index (χ3n) is 6.12. The van der Waals surface area contributed by atoms with E-state index in [1.54, 1.807) is 11.8 Å². The second kappa shape index (κ2) is 12.4. The fraction of sp³-hybridized carbons (Fsp3) is 0.300. The molecular weight excluding hydrogens is 450 g/mol. The Morgan fingerprint density at radius 1 is 0.917 bits per heavy atom. The number of benzene rings is 3. The van der Waals surface area contributed by atoms with Crippen molar-refractivity contribution in [2.24, 2.45) is 7.05 Å². The molecule has 1 N–H and O–H groups in total. The van der Waals surface area contributed by atoms with Gasteiger partial charge in [-0.15, -0.1) is 0 Å². The Hall–Kier alpha value is -3.61. The zero-order valence-corrected chi connectivity index (χ0v) is 21.3. The van der Waals surface area contributed by atoms with Crippen molar-refractivity contribution in [1.29, 1.82) is 0 Å². The van der Waals surface area contributed by atoms with Crippen molar-refractivity contribution < 1.29 is 14.6 Å². The number of para-hydroxylation sites is 2. The number of aromatic nitrogens is 2. The number of hydrogen-bond acceptors (Lipinski definition) is 5. The SMILES string of the molecule is CCCN(Cc1c(-c2ccccc2)nn(C)c1Oc1ccccc1OC)C[C@@H](O)Cc1ccccc1.